The van der Waals surface area contributed by atoms with Gasteiger partial charge in [-0.05, 0) is 81.8 Å². The molecule has 0 amide bonds. The first-order valence-electron chi connectivity index (χ1n) is 11.7. The van der Waals surface area contributed by atoms with Crippen LogP contribution in [0.2, 0.25) is 0 Å². The van der Waals surface area contributed by atoms with Gasteiger partial charge in [-0.1, -0.05) is 29.4 Å². The Morgan fingerprint density at radius 1 is 0.886 bits per heavy atom. The fraction of sp³-hybridized carbons (Fsp3) is 0.444. The summed E-state index contributed by atoms with van der Waals surface area (Å²) in [6, 6.07) is 9.74. The second-order valence-corrected chi connectivity index (χ2v) is 8.03. The molecule has 0 saturated carbocycles. The third kappa shape index (κ3) is 9.54. The van der Waals surface area contributed by atoms with Crippen molar-refractivity contribution in [1.82, 2.24) is 0 Å². The van der Waals surface area contributed by atoms with Crippen LogP contribution in [0.15, 0.2) is 53.7 Å². The molecule has 0 aliphatic carbocycles. The van der Waals surface area contributed by atoms with Gasteiger partial charge in [-0.15, -0.1) is 0 Å². The first kappa shape index (κ1) is 28.1. The van der Waals surface area contributed by atoms with Crippen LogP contribution in [0.4, 0.5) is 13.2 Å². The van der Waals surface area contributed by atoms with E-state index >= 15 is 0 Å². The number of rotatable bonds is 14. The molecule has 2 aromatic carbocycles. The highest BCUT2D eigenvalue weighted by atomic mass is 19.4. The minimum absolute atomic E-state index is 0.100. The Labute approximate surface area is 205 Å². The number of oxime groups is 1. The van der Waals surface area contributed by atoms with E-state index in [1.807, 2.05) is 45.1 Å². The summed E-state index contributed by atoms with van der Waals surface area (Å²) in [4.78, 5) is 4.34. The average Bonchev–Trinajstić information content (AvgIpc) is 2.80. The largest absolute Gasteiger partial charge is 0.494 e. The van der Waals surface area contributed by atoms with Crippen LogP contribution in [0, 0.1) is 13.8 Å². The molecule has 0 unspecified atom stereocenters. The third-order valence-corrected chi connectivity index (χ3v) is 5.13. The molecule has 8 heteroatoms. The molecule has 2 aromatic rings. The summed E-state index contributed by atoms with van der Waals surface area (Å²) < 4.78 is 56.7. The van der Waals surface area contributed by atoms with Gasteiger partial charge >= 0.3 is 6.18 Å². The van der Waals surface area contributed by atoms with E-state index in [2.05, 4.69) is 9.99 Å². The number of hydrogen-bond acceptors (Lipinski definition) is 5. The van der Waals surface area contributed by atoms with E-state index < -0.39 is 11.9 Å². The second-order valence-electron chi connectivity index (χ2n) is 8.03. The number of ether oxygens (including phenoxy) is 3. The maximum Gasteiger partial charge on any atom is 0.437 e. The van der Waals surface area contributed by atoms with E-state index in [1.54, 1.807) is 6.07 Å². The van der Waals surface area contributed by atoms with Crippen molar-refractivity contribution < 1.29 is 32.2 Å². The van der Waals surface area contributed by atoms with Crippen LogP contribution in [-0.2, 0) is 4.84 Å². The molecular weight excluding hydrogens is 459 g/mol. The Morgan fingerprint density at radius 3 is 2.14 bits per heavy atom. The van der Waals surface area contributed by atoms with Gasteiger partial charge in [0.25, 0.3) is 0 Å². The van der Waals surface area contributed by atoms with E-state index in [9.17, 15) is 13.2 Å². The number of allylic oxidation sites excluding steroid dienone is 1. The molecule has 0 aliphatic heterocycles. The van der Waals surface area contributed by atoms with Crippen molar-refractivity contribution in [2.45, 2.75) is 52.6 Å². The average molecular weight is 494 g/mol. The molecule has 0 aromatic heterocycles. The second kappa shape index (κ2) is 14.3. The zero-order valence-electron chi connectivity index (χ0n) is 20.8. The Hall–Kier alpha value is -3.16. The lowest BCUT2D eigenvalue weighted by atomic mass is 10.1. The van der Waals surface area contributed by atoms with Crippen LogP contribution >= 0.6 is 0 Å². The summed E-state index contributed by atoms with van der Waals surface area (Å²) in [5.41, 5.74) is 0.893. The first-order valence-corrected chi connectivity index (χ1v) is 11.7. The van der Waals surface area contributed by atoms with Crippen LogP contribution in [0.5, 0.6) is 17.2 Å². The molecule has 0 fully saturated rings. The molecule has 0 atom stereocenters. The van der Waals surface area contributed by atoms with Gasteiger partial charge in [-0.3, -0.25) is 0 Å². The summed E-state index contributed by atoms with van der Waals surface area (Å²) in [7, 11) is 1.08. The molecule has 35 heavy (non-hydrogen) atoms. The molecular formula is C27H34F3NO4. The molecule has 0 saturated heterocycles. The minimum atomic E-state index is -4.62. The zero-order chi connectivity index (χ0) is 25.7. The Morgan fingerprint density at radius 2 is 1.54 bits per heavy atom. The number of nitrogens with zero attached hydrogens (tertiary/aromatic N) is 1. The molecule has 0 spiro atoms. The van der Waals surface area contributed by atoms with Gasteiger partial charge in [0.05, 0.1) is 13.2 Å². The lowest BCUT2D eigenvalue weighted by Crippen LogP contribution is -2.24. The Bertz CT molecular complexity index is 964. The molecule has 2 rings (SSSR count). The SMILES string of the molecule is C/C=C/COc1cc(C)c(OCCCCCCOc2cccc(/C(=N/OC)C(F)(F)F)c2)c(C)c1. The number of halogens is 3. The smallest absolute Gasteiger partial charge is 0.437 e. The molecule has 0 N–H and O–H groups in total. The van der Waals surface area contributed by atoms with Crippen molar-refractivity contribution in [2.24, 2.45) is 5.16 Å². The molecule has 0 aliphatic rings. The quantitative estimate of drug-likeness (QED) is 0.121. The lowest BCUT2D eigenvalue weighted by molar-refractivity contribution is -0.0608. The van der Waals surface area contributed by atoms with Gasteiger partial charge in [-0.25, -0.2) is 0 Å². The van der Waals surface area contributed by atoms with Gasteiger partial charge in [0.15, 0.2) is 5.71 Å². The van der Waals surface area contributed by atoms with Crippen molar-refractivity contribution >= 4 is 5.71 Å². The van der Waals surface area contributed by atoms with Crippen molar-refractivity contribution in [3.05, 3.63) is 65.2 Å². The fourth-order valence-corrected chi connectivity index (χ4v) is 3.48. The predicted octanol–water partition coefficient (Wildman–Crippen LogP) is 7.19. The normalized spacial score (nSPS) is 12.1. The van der Waals surface area contributed by atoms with Crippen LogP contribution < -0.4 is 14.2 Å². The third-order valence-electron chi connectivity index (χ3n) is 5.13. The van der Waals surface area contributed by atoms with Gasteiger partial charge in [0.1, 0.15) is 31.0 Å². The van der Waals surface area contributed by atoms with E-state index in [-0.39, 0.29) is 5.56 Å². The van der Waals surface area contributed by atoms with Crippen molar-refractivity contribution in [2.75, 3.05) is 26.9 Å². The standard InChI is InChI=1S/C27H34F3NO4/c1-5-6-14-34-24-17-20(2)25(21(3)18-24)35-16-10-8-7-9-15-33-23-13-11-12-22(19-23)26(31-32-4)27(28,29)30/h5-6,11-13,17-19H,7-10,14-16H2,1-4H3/b6-5+,31-26-. The molecule has 0 bridgehead atoms. The number of alkyl halides is 3. The summed E-state index contributed by atoms with van der Waals surface area (Å²) in [5, 5.41) is 3.11. The van der Waals surface area contributed by atoms with Crippen LogP contribution in [-0.4, -0.2) is 38.8 Å². The van der Waals surface area contributed by atoms with Crippen LogP contribution in [0.3, 0.4) is 0 Å². The lowest BCUT2D eigenvalue weighted by Gasteiger charge is -2.14. The van der Waals surface area contributed by atoms with Crippen LogP contribution in [0.25, 0.3) is 0 Å². The van der Waals surface area contributed by atoms with Crippen molar-refractivity contribution in [3.8, 4) is 17.2 Å². The minimum Gasteiger partial charge on any atom is -0.494 e. The highest BCUT2D eigenvalue weighted by Gasteiger charge is 2.38. The highest BCUT2D eigenvalue weighted by Crippen LogP contribution is 2.29. The maximum absolute atomic E-state index is 13.1. The van der Waals surface area contributed by atoms with Crippen molar-refractivity contribution in [1.29, 1.82) is 0 Å². The number of aryl methyl sites for hydroxylation is 2. The first-order chi connectivity index (χ1) is 16.8. The van der Waals surface area contributed by atoms with E-state index in [1.165, 1.54) is 18.2 Å². The predicted molar refractivity (Wildman–Crippen MR) is 132 cm³/mol. The number of hydrogen-bond donors (Lipinski definition) is 0. The topological polar surface area (TPSA) is 49.3 Å². The number of benzene rings is 2. The maximum atomic E-state index is 13.1. The van der Waals surface area contributed by atoms with Crippen molar-refractivity contribution in [3.63, 3.8) is 0 Å². The molecule has 192 valence electrons. The van der Waals surface area contributed by atoms with E-state index in [4.69, 9.17) is 14.2 Å². The zero-order valence-corrected chi connectivity index (χ0v) is 20.8. The molecule has 0 heterocycles. The Balaban J connectivity index is 1.71. The summed E-state index contributed by atoms with van der Waals surface area (Å²) in [6.07, 6.45) is 2.87. The van der Waals surface area contributed by atoms with E-state index in [0.717, 1.165) is 55.4 Å². The number of unbranched alkanes of at least 4 members (excludes halogenated alkanes) is 3. The van der Waals surface area contributed by atoms with E-state index in [0.29, 0.717) is 25.6 Å². The van der Waals surface area contributed by atoms with Gasteiger partial charge in [0, 0.05) is 5.56 Å². The monoisotopic (exact) mass is 493 g/mol. The van der Waals surface area contributed by atoms with Gasteiger partial charge in [0.2, 0.25) is 0 Å². The summed E-state index contributed by atoms with van der Waals surface area (Å²) >= 11 is 0. The highest BCUT2D eigenvalue weighted by molar-refractivity contribution is 6.04. The molecule has 5 nitrogen and oxygen atoms in total. The van der Waals surface area contributed by atoms with Gasteiger partial charge in [-0.2, -0.15) is 13.2 Å². The summed E-state index contributed by atoms with van der Waals surface area (Å²) in [6.45, 7) is 7.55. The summed E-state index contributed by atoms with van der Waals surface area (Å²) in [5.74, 6) is 2.08. The van der Waals surface area contributed by atoms with Crippen LogP contribution in [0.1, 0.15) is 49.3 Å². The van der Waals surface area contributed by atoms with Gasteiger partial charge < -0.3 is 19.0 Å². The Kier molecular flexibility index (Phi) is 11.5. The fourth-order valence-electron chi connectivity index (χ4n) is 3.48. The molecule has 0 radical (unpaired) electrons.